The molecule has 27 heavy (non-hydrogen) atoms. The fourth-order valence-electron chi connectivity index (χ4n) is 2.42. The van der Waals surface area contributed by atoms with E-state index in [2.05, 4.69) is 15.6 Å². The number of esters is 1. The number of ether oxygens (including phenoxy) is 1. The molecule has 0 radical (unpaired) electrons. The van der Waals surface area contributed by atoms with Crippen LogP contribution in [0.1, 0.15) is 17.4 Å². The summed E-state index contributed by atoms with van der Waals surface area (Å²) in [5.41, 5.74) is 1.99. The van der Waals surface area contributed by atoms with E-state index in [-0.39, 0.29) is 0 Å². The Bertz CT molecular complexity index is 928. The predicted molar refractivity (Wildman–Crippen MR) is 113 cm³/mol. The summed E-state index contributed by atoms with van der Waals surface area (Å²) in [7, 11) is 0. The SMILES string of the molecule is CCOC(=O)c1cn2c(SCCNC(=S)Nc3ccccc3)cccc2n1. The molecule has 0 aliphatic carbocycles. The molecule has 0 saturated carbocycles. The molecule has 2 aromatic heterocycles. The van der Waals surface area contributed by atoms with Gasteiger partial charge in [-0.1, -0.05) is 24.3 Å². The molecular formula is C19H20N4O2S2. The van der Waals surface area contributed by atoms with E-state index < -0.39 is 5.97 Å². The van der Waals surface area contributed by atoms with Crippen molar-refractivity contribution in [3.63, 3.8) is 0 Å². The lowest BCUT2D eigenvalue weighted by molar-refractivity contribution is 0.0520. The van der Waals surface area contributed by atoms with E-state index in [1.165, 1.54) is 0 Å². The number of nitrogens with one attached hydrogen (secondary N) is 2. The average molecular weight is 401 g/mol. The van der Waals surface area contributed by atoms with Crippen molar-refractivity contribution in [1.82, 2.24) is 14.7 Å². The van der Waals surface area contributed by atoms with Gasteiger partial charge >= 0.3 is 5.97 Å². The first-order chi connectivity index (χ1) is 13.2. The lowest BCUT2D eigenvalue weighted by Crippen LogP contribution is -2.30. The van der Waals surface area contributed by atoms with E-state index in [9.17, 15) is 4.79 Å². The van der Waals surface area contributed by atoms with Gasteiger partial charge in [0.05, 0.1) is 11.6 Å². The first-order valence-electron chi connectivity index (χ1n) is 8.55. The van der Waals surface area contributed by atoms with Gasteiger partial charge in [-0.2, -0.15) is 0 Å². The number of pyridine rings is 1. The van der Waals surface area contributed by atoms with Gasteiger partial charge in [0.15, 0.2) is 10.8 Å². The van der Waals surface area contributed by atoms with Gasteiger partial charge < -0.3 is 15.4 Å². The number of nitrogens with zero attached hydrogens (tertiary/aromatic N) is 2. The van der Waals surface area contributed by atoms with E-state index >= 15 is 0 Å². The van der Waals surface area contributed by atoms with Crippen LogP contribution in [0.15, 0.2) is 59.8 Å². The number of anilines is 1. The van der Waals surface area contributed by atoms with Crippen LogP contribution in [0.2, 0.25) is 0 Å². The van der Waals surface area contributed by atoms with Gasteiger partial charge in [0.2, 0.25) is 0 Å². The summed E-state index contributed by atoms with van der Waals surface area (Å²) in [5.74, 6) is 0.402. The average Bonchev–Trinajstić information content (AvgIpc) is 3.11. The van der Waals surface area contributed by atoms with Crippen molar-refractivity contribution in [2.45, 2.75) is 11.9 Å². The van der Waals surface area contributed by atoms with Crippen LogP contribution >= 0.6 is 24.0 Å². The van der Waals surface area contributed by atoms with E-state index in [4.69, 9.17) is 17.0 Å². The molecule has 0 bridgehead atoms. The predicted octanol–water partition coefficient (Wildman–Crippen LogP) is 3.59. The number of benzene rings is 1. The van der Waals surface area contributed by atoms with Gasteiger partial charge in [-0.15, -0.1) is 11.8 Å². The van der Waals surface area contributed by atoms with Crippen LogP contribution in [-0.4, -0.2) is 39.4 Å². The van der Waals surface area contributed by atoms with Gasteiger partial charge in [0.1, 0.15) is 5.65 Å². The Morgan fingerprint density at radius 2 is 2.04 bits per heavy atom. The number of carbonyl (C=O) groups excluding carboxylic acids is 1. The molecule has 6 nitrogen and oxygen atoms in total. The highest BCUT2D eigenvalue weighted by atomic mass is 32.2. The van der Waals surface area contributed by atoms with Crippen molar-refractivity contribution in [1.29, 1.82) is 0 Å². The molecule has 2 N–H and O–H groups in total. The number of para-hydroxylation sites is 1. The fourth-order valence-corrected chi connectivity index (χ4v) is 3.52. The lowest BCUT2D eigenvalue weighted by Gasteiger charge is -2.10. The Morgan fingerprint density at radius 3 is 2.81 bits per heavy atom. The van der Waals surface area contributed by atoms with Crippen LogP contribution in [0.5, 0.6) is 0 Å². The Balaban J connectivity index is 1.54. The maximum atomic E-state index is 11.9. The summed E-state index contributed by atoms with van der Waals surface area (Å²) < 4.78 is 6.92. The van der Waals surface area contributed by atoms with Crippen molar-refractivity contribution >= 4 is 46.4 Å². The number of aromatic nitrogens is 2. The summed E-state index contributed by atoms with van der Waals surface area (Å²) in [6.45, 7) is 2.81. The van der Waals surface area contributed by atoms with Crippen LogP contribution in [-0.2, 0) is 4.74 Å². The summed E-state index contributed by atoms with van der Waals surface area (Å²) in [5, 5.41) is 7.92. The molecule has 0 amide bonds. The minimum atomic E-state index is -0.406. The van der Waals surface area contributed by atoms with Crippen LogP contribution in [0.4, 0.5) is 5.69 Å². The molecule has 0 atom stereocenters. The molecule has 3 aromatic rings. The molecule has 0 fully saturated rings. The maximum absolute atomic E-state index is 11.9. The zero-order valence-corrected chi connectivity index (χ0v) is 16.5. The number of thiocarbonyl (C=S) groups is 1. The Kier molecular flexibility index (Phi) is 6.67. The van der Waals surface area contributed by atoms with E-state index in [1.807, 2.05) is 52.9 Å². The van der Waals surface area contributed by atoms with Gasteiger partial charge in [0, 0.05) is 24.2 Å². The van der Waals surface area contributed by atoms with Gasteiger partial charge in [-0.25, -0.2) is 9.78 Å². The monoisotopic (exact) mass is 400 g/mol. The van der Waals surface area contributed by atoms with Crippen molar-refractivity contribution in [3.8, 4) is 0 Å². The number of hydrogen-bond acceptors (Lipinski definition) is 5. The zero-order valence-electron chi connectivity index (χ0n) is 14.8. The largest absolute Gasteiger partial charge is 0.461 e. The molecule has 140 valence electrons. The van der Waals surface area contributed by atoms with Gasteiger partial charge in [-0.3, -0.25) is 4.40 Å². The molecule has 0 saturated heterocycles. The van der Waals surface area contributed by atoms with Crippen LogP contribution < -0.4 is 10.6 Å². The number of fused-ring (bicyclic) bond motifs is 1. The van der Waals surface area contributed by atoms with Crippen molar-refractivity contribution in [3.05, 3.63) is 60.4 Å². The Morgan fingerprint density at radius 1 is 1.22 bits per heavy atom. The summed E-state index contributed by atoms with van der Waals surface area (Å²) in [6.07, 6.45) is 1.71. The number of hydrogen-bond donors (Lipinski definition) is 2. The van der Waals surface area contributed by atoms with Crippen LogP contribution in [0.25, 0.3) is 5.65 Å². The van der Waals surface area contributed by atoms with E-state index in [1.54, 1.807) is 24.9 Å². The highest BCUT2D eigenvalue weighted by Crippen LogP contribution is 2.20. The number of thioether (sulfide) groups is 1. The maximum Gasteiger partial charge on any atom is 0.358 e. The third kappa shape index (κ3) is 5.21. The molecule has 3 rings (SSSR count). The molecule has 2 heterocycles. The Labute approximate surface area is 167 Å². The molecule has 8 heteroatoms. The second kappa shape index (κ2) is 9.38. The summed E-state index contributed by atoms with van der Waals surface area (Å²) >= 11 is 6.96. The highest BCUT2D eigenvalue weighted by molar-refractivity contribution is 7.99. The minimum absolute atomic E-state index is 0.316. The second-order valence-electron chi connectivity index (χ2n) is 5.53. The van der Waals surface area contributed by atoms with E-state index in [0.29, 0.717) is 24.0 Å². The normalized spacial score (nSPS) is 10.6. The summed E-state index contributed by atoms with van der Waals surface area (Å²) in [6, 6.07) is 15.6. The molecule has 0 aliphatic rings. The molecule has 0 unspecified atom stereocenters. The quantitative estimate of drug-likeness (QED) is 0.272. The zero-order chi connectivity index (χ0) is 19.1. The van der Waals surface area contributed by atoms with Crippen LogP contribution in [0.3, 0.4) is 0 Å². The van der Waals surface area contributed by atoms with Gasteiger partial charge in [0.25, 0.3) is 0 Å². The first kappa shape index (κ1) is 19.2. The standard InChI is InChI=1S/C19H20N4O2S2/c1-2-25-18(24)15-13-23-16(22-15)9-6-10-17(23)27-12-11-20-19(26)21-14-7-4-3-5-8-14/h3-10,13H,2,11-12H2,1H3,(H2,20,21,26). The smallest absolute Gasteiger partial charge is 0.358 e. The third-order valence-corrected chi connectivity index (χ3v) is 4.89. The fraction of sp³-hybridized carbons (Fsp3) is 0.211. The molecule has 0 aliphatic heterocycles. The first-order valence-corrected chi connectivity index (χ1v) is 9.94. The molecule has 1 aromatic carbocycles. The number of rotatable bonds is 7. The lowest BCUT2D eigenvalue weighted by atomic mass is 10.3. The van der Waals surface area contributed by atoms with Crippen LogP contribution in [0, 0.1) is 0 Å². The van der Waals surface area contributed by atoms with E-state index in [0.717, 1.165) is 22.1 Å². The molecule has 0 spiro atoms. The van der Waals surface area contributed by atoms with Crippen molar-refractivity contribution in [2.24, 2.45) is 0 Å². The van der Waals surface area contributed by atoms with Crippen molar-refractivity contribution < 1.29 is 9.53 Å². The summed E-state index contributed by atoms with van der Waals surface area (Å²) in [4.78, 5) is 16.2. The highest BCUT2D eigenvalue weighted by Gasteiger charge is 2.13. The Hall–Kier alpha value is -2.58. The topological polar surface area (TPSA) is 67.7 Å². The molecular weight excluding hydrogens is 380 g/mol. The number of carbonyl (C=O) groups is 1. The van der Waals surface area contributed by atoms with Crippen molar-refractivity contribution in [2.75, 3.05) is 24.2 Å². The number of imidazole rings is 1. The van der Waals surface area contributed by atoms with Gasteiger partial charge in [-0.05, 0) is 43.4 Å². The second-order valence-corrected chi connectivity index (χ2v) is 7.06. The third-order valence-electron chi connectivity index (χ3n) is 3.61. The minimum Gasteiger partial charge on any atom is -0.461 e.